The van der Waals surface area contributed by atoms with Crippen LogP contribution in [0.3, 0.4) is 0 Å². The van der Waals surface area contributed by atoms with Gasteiger partial charge in [-0.15, -0.1) is 0 Å². The van der Waals surface area contributed by atoms with E-state index in [1.165, 1.54) is 13.3 Å². The van der Waals surface area contributed by atoms with Crippen LogP contribution in [0.2, 0.25) is 0 Å². The van der Waals surface area contributed by atoms with Gasteiger partial charge < -0.3 is 10.1 Å². The SMILES string of the molecule is CCN(CC)Cc1cnc2c(C(=O)N[C@@H](C)C(=O)OC)cnn2c1. The predicted molar refractivity (Wildman–Crippen MR) is 88.6 cm³/mol. The van der Waals surface area contributed by atoms with Crippen molar-refractivity contribution < 1.29 is 14.3 Å². The predicted octanol–water partition coefficient (Wildman–Crippen LogP) is 0.862. The molecule has 2 aromatic rings. The lowest BCUT2D eigenvalue weighted by Crippen LogP contribution is -2.39. The molecule has 2 heterocycles. The van der Waals surface area contributed by atoms with Crippen LogP contribution < -0.4 is 5.32 Å². The van der Waals surface area contributed by atoms with Gasteiger partial charge in [0.25, 0.3) is 5.91 Å². The van der Waals surface area contributed by atoms with E-state index in [4.69, 9.17) is 0 Å². The summed E-state index contributed by atoms with van der Waals surface area (Å²) in [5, 5.41) is 6.77. The van der Waals surface area contributed by atoms with Crippen LogP contribution in [0, 0.1) is 0 Å². The number of aromatic nitrogens is 3. The Bertz CT molecular complexity index is 724. The van der Waals surface area contributed by atoms with E-state index in [2.05, 4.69) is 38.9 Å². The summed E-state index contributed by atoms with van der Waals surface area (Å²) >= 11 is 0. The Morgan fingerprint density at radius 1 is 1.33 bits per heavy atom. The third-order valence-electron chi connectivity index (χ3n) is 3.86. The van der Waals surface area contributed by atoms with Crippen molar-refractivity contribution >= 4 is 17.5 Å². The van der Waals surface area contributed by atoms with Crippen molar-refractivity contribution in [2.45, 2.75) is 33.4 Å². The van der Waals surface area contributed by atoms with Gasteiger partial charge in [-0.05, 0) is 20.0 Å². The van der Waals surface area contributed by atoms with E-state index < -0.39 is 17.9 Å². The smallest absolute Gasteiger partial charge is 0.328 e. The van der Waals surface area contributed by atoms with Crippen molar-refractivity contribution in [1.82, 2.24) is 24.8 Å². The molecule has 0 radical (unpaired) electrons. The summed E-state index contributed by atoms with van der Waals surface area (Å²) in [6, 6.07) is -0.737. The molecule has 0 fully saturated rings. The molecule has 2 rings (SSSR count). The molecule has 130 valence electrons. The van der Waals surface area contributed by atoms with E-state index in [-0.39, 0.29) is 0 Å². The molecular formula is C16H23N5O3. The molecule has 1 amide bonds. The summed E-state index contributed by atoms with van der Waals surface area (Å²) < 4.78 is 6.18. The average molecular weight is 333 g/mol. The van der Waals surface area contributed by atoms with Crippen LogP contribution >= 0.6 is 0 Å². The molecule has 1 atom stereocenters. The van der Waals surface area contributed by atoms with Gasteiger partial charge in [0.2, 0.25) is 0 Å². The summed E-state index contributed by atoms with van der Waals surface area (Å²) in [6.07, 6.45) is 5.06. The van der Waals surface area contributed by atoms with Gasteiger partial charge in [0.05, 0.1) is 13.3 Å². The lowest BCUT2D eigenvalue weighted by atomic mass is 10.2. The third kappa shape index (κ3) is 3.88. The molecule has 8 nitrogen and oxygen atoms in total. The number of methoxy groups -OCH3 is 1. The first kappa shape index (κ1) is 17.9. The fraction of sp³-hybridized carbons (Fsp3) is 0.500. The Kier molecular flexibility index (Phi) is 5.86. The molecule has 0 aliphatic heterocycles. The minimum absolute atomic E-state index is 0.320. The molecule has 0 aliphatic rings. The van der Waals surface area contributed by atoms with Crippen molar-refractivity contribution in [3.63, 3.8) is 0 Å². The fourth-order valence-corrected chi connectivity index (χ4v) is 2.37. The van der Waals surface area contributed by atoms with Crippen LogP contribution in [-0.4, -0.2) is 57.6 Å². The van der Waals surface area contributed by atoms with E-state index in [0.29, 0.717) is 11.2 Å². The Morgan fingerprint density at radius 3 is 2.67 bits per heavy atom. The van der Waals surface area contributed by atoms with Crippen molar-refractivity contribution in [2.24, 2.45) is 0 Å². The van der Waals surface area contributed by atoms with Gasteiger partial charge in [-0.3, -0.25) is 9.69 Å². The number of carbonyl (C=O) groups is 2. The zero-order chi connectivity index (χ0) is 17.7. The number of nitrogens with zero attached hydrogens (tertiary/aromatic N) is 4. The van der Waals surface area contributed by atoms with Gasteiger partial charge >= 0.3 is 5.97 Å². The Labute approximate surface area is 140 Å². The number of hydrogen-bond donors (Lipinski definition) is 1. The third-order valence-corrected chi connectivity index (χ3v) is 3.86. The molecule has 0 aromatic carbocycles. The zero-order valence-electron chi connectivity index (χ0n) is 14.4. The highest BCUT2D eigenvalue weighted by molar-refractivity contribution is 6.01. The summed E-state index contributed by atoms with van der Waals surface area (Å²) in [5.41, 5.74) is 1.79. The average Bonchev–Trinajstić information content (AvgIpc) is 3.01. The molecule has 1 N–H and O–H groups in total. The van der Waals surface area contributed by atoms with Crippen LogP contribution in [-0.2, 0) is 16.1 Å². The second-order valence-electron chi connectivity index (χ2n) is 5.47. The highest BCUT2D eigenvalue weighted by Gasteiger charge is 2.20. The van der Waals surface area contributed by atoms with Crippen LogP contribution in [0.15, 0.2) is 18.6 Å². The largest absolute Gasteiger partial charge is 0.467 e. The maximum absolute atomic E-state index is 12.3. The van der Waals surface area contributed by atoms with Crippen molar-refractivity contribution in [2.75, 3.05) is 20.2 Å². The van der Waals surface area contributed by atoms with E-state index in [0.717, 1.165) is 25.2 Å². The van der Waals surface area contributed by atoms with Gasteiger partial charge in [0.15, 0.2) is 5.65 Å². The van der Waals surface area contributed by atoms with E-state index in [9.17, 15) is 9.59 Å². The maximum atomic E-state index is 12.3. The minimum atomic E-state index is -0.737. The van der Waals surface area contributed by atoms with Gasteiger partial charge in [-0.2, -0.15) is 5.10 Å². The lowest BCUT2D eigenvalue weighted by Gasteiger charge is -2.17. The number of hydrogen-bond acceptors (Lipinski definition) is 6. The van der Waals surface area contributed by atoms with E-state index in [1.807, 2.05) is 6.20 Å². The lowest BCUT2D eigenvalue weighted by molar-refractivity contribution is -0.142. The van der Waals surface area contributed by atoms with Gasteiger partial charge in [-0.25, -0.2) is 14.3 Å². The highest BCUT2D eigenvalue weighted by Crippen LogP contribution is 2.11. The molecule has 0 bridgehead atoms. The van der Waals surface area contributed by atoms with Gasteiger partial charge in [-0.1, -0.05) is 13.8 Å². The number of carbonyl (C=O) groups excluding carboxylic acids is 2. The van der Waals surface area contributed by atoms with Crippen molar-refractivity contribution in [1.29, 1.82) is 0 Å². The first-order valence-electron chi connectivity index (χ1n) is 7.93. The number of fused-ring (bicyclic) bond motifs is 1. The van der Waals surface area contributed by atoms with Crippen molar-refractivity contribution in [3.8, 4) is 0 Å². The number of esters is 1. The number of ether oxygens (including phenoxy) is 1. The van der Waals surface area contributed by atoms with Crippen LogP contribution in [0.25, 0.3) is 5.65 Å². The molecule has 0 spiro atoms. The molecule has 0 saturated carbocycles. The normalized spacial score (nSPS) is 12.4. The Balaban J connectivity index is 2.18. The summed E-state index contributed by atoms with van der Waals surface area (Å²) in [4.78, 5) is 30.3. The summed E-state index contributed by atoms with van der Waals surface area (Å²) in [7, 11) is 1.28. The standard InChI is InChI=1S/C16H23N5O3/c1-5-20(6-2)9-12-7-17-14-13(8-18-21(14)10-12)15(22)19-11(3)16(23)24-4/h7-8,10-11H,5-6,9H2,1-4H3,(H,19,22)/t11-/m0/s1. The fourth-order valence-electron chi connectivity index (χ4n) is 2.37. The topological polar surface area (TPSA) is 88.8 Å². The monoisotopic (exact) mass is 333 g/mol. The van der Waals surface area contributed by atoms with E-state index >= 15 is 0 Å². The quantitative estimate of drug-likeness (QED) is 0.756. The molecular weight excluding hydrogens is 310 g/mol. The van der Waals surface area contributed by atoms with Crippen LogP contribution in [0.5, 0.6) is 0 Å². The zero-order valence-corrected chi connectivity index (χ0v) is 14.4. The Morgan fingerprint density at radius 2 is 2.04 bits per heavy atom. The number of amides is 1. The molecule has 0 saturated heterocycles. The van der Waals surface area contributed by atoms with Crippen LogP contribution in [0.1, 0.15) is 36.7 Å². The summed E-state index contributed by atoms with van der Waals surface area (Å²) in [6.45, 7) is 8.45. The maximum Gasteiger partial charge on any atom is 0.328 e. The minimum Gasteiger partial charge on any atom is -0.467 e. The molecule has 0 aliphatic carbocycles. The Hall–Kier alpha value is -2.48. The molecule has 24 heavy (non-hydrogen) atoms. The van der Waals surface area contributed by atoms with Gasteiger partial charge in [0, 0.05) is 24.5 Å². The molecule has 0 unspecified atom stereocenters. The second-order valence-corrected chi connectivity index (χ2v) is 5.47. The molecule has 8 heteroatoms. The van der Waals surface area contributed by atoms with Gasteiger partial charge in [0.1, 0.15) is 11.6 Å². The van der Waals surface area contributed by atoms with Crippen LogP contribution in [0.4, 0.5) is 0 Å². The van der Waals surface area contributed by atoms with E-state index in [1.54, 1.807) is 17.6 Å². The second kappa shape index (κ2) is 7.87. The van der Waals surface area contributed by atoms with Crippen molar-refractivity contribution in [3.05, 3.63) is 29.7 Å². The first-order chi connectivity index (χ1) is 11.5. The first-order valence-corrected chi connectivity index (χ1v) is 7.93. The number of rotatable bonds is 7. The molecule has 2 aromatic heterocycles. The number of nitrogens with one attached hydrogen (secondary N) is 1. The summed E-state index contributed by atoms with van der Waals surface area (Å²) in [5.74, 6) is -0.916. The highest BCUT2D eigenvalue weighted by atomic mass is 16.5.